The molecule has 0 aliphatic rings. The van der Waals surface area contributed by atoms with Crippen molar-refractivity contribution in [1.82, 2.24) is 9.13 Å². The molecule has 0 spiro atoms. The summed E-state index contributed by atoms with van der Waals surface area (Å²) < 4.78 is 4.79. The third-order valence-corrected chi connectivity index (χ3v) is 12.1. The lowest BCUT2D eigenvalue weighted by molar-refractivity contribution is 1.18. The Morgan fingerprint density at radius 1 is 0.207 bits per heavy atom. The maximum Gasteiger partial charge on any atom is 0.0541 e. The summed E-state index contributed by atoms with van der Waals surface area (Å²) in [5.74, 6) is 0. The number of benzene rings is 10. The number of hydrogen-bond donors (Lipinski definition) is 0. The molecule has 0 bridgehead atoms. The van der Waals surface area contributed by atoms with Gasteiger partial charge in [-0.25, -0.2) is 0 Å². The Morgan fingerprint density at radius 3 is 1.21 bits per heavy atom. The van der Waals surface area contributed by atoms with Gasteiger partial charge in [-0.05, 0) is 116 Å². The first-order valence-electron chi connectivity index (χ1n) is 20.0. The third kappa shape index (κ3) is 4.92. The van der Waals surface area contributed by atoms with Crippen LogP contribution in [0.5, 0.6) is 0 Å². The molecule has 2 aromatic heterocycles. The number of para-hydroxylation sites is 4. The minimum atomic E-state index is 1.15. The van der Waals surface area contributed by atoms with E-state index in [0.29, 0.717) is 0 Å². The Hall–Kier alpha value is -7.68. The minimum absolute atomic E-state index is 1.15. The Morgan fingerprint density at radius 2 is 0.603 bits per heavy atom. The molecule has 0 fully saturated rings. The maximum atomic E-state index is 2.42. The summed E-state index contributed by atoms with van der Waals surface area (Å²) in [7, 11) is 0. The normalized spacial score (nSPS) is 11.8. The first kappa shape index (κ1) is 32.6. The number of aromatic nitrogens is 2. The van der Waals surface area contributed by atoms with Gasteiger partial charge in [0.2, 0.25) is 0 Å². The van der Waals surface area contributed by atoms with Crippen LogP contribution < -0.4 is 0 Å². The van der Waals surface area contributed by atoms with Crippen LogP contribution in [0.15, 0.2) is 218 Å². The summed E-state index contributed by atoms with van der Waals surface area (Å²) in [5, 5.41) is 10.0. The summed E-state index contributed by atoms with van der Waals surface area (Å²) >= 11 is 0. The van der Waals surface area contributed by atoms with Crippen LogP contribution in [-0.2, 0) is 0 Å². The molecule has 12 aromatic rings. The van der Waals surface area contributed by atoms with Crippen molar-refractivity contribution in [2.24, 2.45) is 0 Å². The van der Waals surface area contributed by atoms with Gasteiger partial charge in [-0.2, -0.15) is 0 Å². The van der Waals surface area contributed by atoms with E-state index in [2.05, 4.69) is 228 Å². The van der Waals surface area contributed by atoms with E-state index in [1.165, 1.54) is 104 Å². The summed E-state index contributed by atoms with van der Waals surface area (Å²) in [4.78, 5) is 0. The second-order valence-corrected chi connectivity index (χ2v) is 15.3. The van der Waals surface area contributed by atoms with Gasteiger partial charge in [0.05, 0.1) is 22.1 Å². The lowest BCUT2D eigenvalue weighted by Gasteiger charge is -2.19. The molecule has 0 aliphatic carbocycles. The van der Waals surface area contributed by atoms with E-state index >= 15 is 0 Å². The lowest BCUT2D eigenvalue weighted by atomic mass is 9.84. The van der Waals surface area contributed by atoms with E-state index in [1.54, 1.807) is 0 Å². The molecule has 270 valence electrons. The van der Waals surface area contributed by atoms with E-state index in [-0.39, 0.29) is 0 Å². The van der Waals surface area contributed by atoms with Crippen LogP contribution in [0.25, 0.3) is 110 Å². The zero-order valence-corrected chi connectivity index (χ0v) is 31.7. The molecular formula is C56H36N2. The molecule has 2 nitrogen and oxygen atoms in total. The quantitative estimate of drug-likeness (QED) is 0.156. The number of nitrogens with zero attached hydrogens (tertiary/aromatic N) is 2. The highest BCUT2D eigenvalue weighted by Gasteiger charge is 2.20. The molecule has 0 unspecified atom stereocenters. The van der Waals surface area contributed by atoms with Crippen molar-refractivity contribution in [3.63, 3.8) is 0 Å². The summed E-state index contributed by atoms with van der Waals surface area (Å²) in [5.41, 5.74) is 14.5. The van der Waals surface area contributed by atoms with Crippen molar-refractivity contribution in [3.8, 4) is 44.8 Å². The topological polar surface area (TPSA) is 9.86 Å². The first-order chi connectivity index (χ1) is 28.8. The van der Waals surface area contributed by atoms with Crippen molar-refractivity contribution < 1.29 is 0 Å². The molecular weight excluding hydrogens is 701 g/mol. The molecule has 0 N–H and O–H groups in total. The smallest absolute Gasteiger partial charge is 0.0541 e. The van der Waals surface area contributed by atoms with Crippen molar-refractivity contribution >= 4 is 65.2 Å². The van der Waals surface area contributed by atoms with E-state index < -0.39 is 0 Å². The van der Waals surface area contributed by atoms with Crippen molar-refractivity contribution in [2.75, 3.05) is 0 Å². The second-order valence-electron chi connectivity index (χ2n) is 15.3. The summed E-state index contributed by atoms with van der Waals surface area (Å²) in [6.45, 7) is 0. The highest BCUT2D eigenvalue weighted by atomic mass is 15.0. The van der Waals surface area contributed by atoms with Gasteiger partial charge in [0.1, 0.15) is 0 Å². The fourth-order valence-electron chi connectivity index (χ4n) is 9.57. The van der Waals surface area contributed by atoms with Crippen LogP contribution in [-0.4, -0.2) is 9.13 Å². The van der Waals surface area contributed by atoms with Crippen LogP contribution in [0.3, 0.4) is 0 Å². The van der Waals surface area contributed by atoms with Gasteiger partial charge in [-0.3, -0.25) is 0 Å². The van der Waals surface area contributed by atoms with E-state index in [4.69, 9.17) is 0 Å². The van der Waals surface area contributed by atoms with Crippen molar-refractivity contribution in [2.45, 2.75) is 0 Å². The largest absolute Gasteiger partial charge is 0.309 e. The fourth-order valence-corrected chi connectivity index (χ4v) is 9.57. The highest BCUT2D eigenvalue weighted by molar-refractivity contribution is 6.23. The minimum Gasteiger partial charge on any atom is -0.309 e. The van der Waals surface area contributed by atoms with E-state index in [1.807, 2.05) is 0 Å². The molecule has 0 amide bonds. The highest BCUT2D eigenvalue weighted by Crippen LogP contribution is 2.46. The van der Waals surface area contributed by atoms with Crippen LogP contribution in [0, 0.1) is 0 Å². The predicted molar refractivity (Wildman–Crippen MR) is 246 cm³/mol. The molecule has 2 heterocycles. The summed E-state index contributed by atoms with van der Waals surface area (Å²) in [6, 6.07) is 80.0. The Bertz CT molecular complexity index is 3480. The van der Waals surface area contributed by atoms with Gasteiger partial charge < -0.3 is 9.13 Å². The second kappa shape index (κ2) is 12.9. The maximum absolute atomic E-state index is 2.42. The standard InChI is InChI=1S/C56H36N2/c1-3-15-37(16-4-1)39-29-33-48-50(35-39)55(38-27-31-42(32-28-38)58-51-24-12-9-19-43(51)44-20-10-13-25-52(44)58)46-22-7-8-23-47(46)56(48)40-30-34-54-49(36-40)45-21-11-14-26-53(45)57(54)41-17-5-2-6-18-41/h1-36H. The fraction of sp³-hybridized carbons (Fsp3) is 0. The van der Waals surface area contributed by atoms with Gasteiger partial charge in [-0.1, -0.05) is 158 Å². The van der Waals surface area contributed by atoms with Crippen LogP contribution >= 0.6 is 0 Å². The molecule has 0 atom stereocenters. The molecule has 2 heteroatoms. The Balaban J connectivity index is 1.11. The van der Waals surface area contributed by atoms with Crippen LogP contribution in [0.2, 0.25) is 0 Å². The van der Waals surface area contributed by atoms with Gasteiger partial charge in [-0.15, -0.1) is 0 Å². The monoisotopic (exact) mass is 736 g/mol. The first-order valence-corrected chi connectivity index (χ1v) is 20.0. The molecule has 0 saturated heterocycles. The zero-order valence-electron chi connectivity index (χ0n) is 31.7. The Kier molecular flexibility index (Phi) is 7.26. The SMILES string of the molecule is c1ccc(-c2ccc3c(-c4ccc5c(c4)c4ccccc4n5-c4ccccc4)c4ccccc4c(-c4ccc(-n5c6ccccc6c6ccccc65)cc4)c3c2)cc1. The van der Waals surface area contributed by atoms with Crippen LogP contribution in [0.1, 0.15) is 0 Å². The van der Waals surface area contributed by atoms with Gasteiger partial charge in [0.15, 0.2) is 0 Å². The average molecular weight is 737 g/mol. The molecule has 0 radical (unpaired) electrons. The number of hydrogen-bond acceptors (Lipinski definition) is 0. The molecule has 10 aromatic carbocycles. The van der Waals surface area contributed by atoms with Gasteiger partial charge >= 0.3 is 0 Å². The molecule has 12 rings (SSSR count). The Labute approximate surface area is 336 Å². The van der Waals surface area contributed by atoms with Gasteiger partial charge in [0.25, 0.3) is 0 Å². The van der Waals surface area contributed by atoms with E-state index in [9.17, 15) is 0 Å². The number of fused-ring (bicyclic) bond motifs is 8. The molecule has 0 saturated carbocycles. The average Bonchev–Trinajstić information content (AvgIpc) is 3.81. The van der Waals surface area contributed by atoms with Gasteiger partial charge in [0, 0.05) is 32.9 Å². The third-order valence-electron chi connectivity index (χ3n) is 12.1. The van der Waals surface area contributed by atoms with Crippen molar-refractivity contribution in [1.29, 1.82) is 0 Å². The molecule has 58 heavy (non-hydrogen) atoms. The van der Waals surface area contributed by atoms with E-state index in [0.717, 1.165) is 5.69 Å². The number of rotatable bonds is 5. The predicted octanol–water partition coefficient (Wildman–Crippen LogP) is 15.2. The summed E-state index contributed by atoms with van der Waals surface area (Å²) in [6.07, 6.45) is 0. The lowest BCUT2D eigenvalue weighted by Crippen LogP contribution is -1.95. The van der Waals surface area contributed by atoms with Crippen LogP contribution in [0.4, 0.5) is 0 Å². The molecule has 0 aliphatic heterocycles. The zero-order chi connectivity index (χ0) is 38.2. The van der Waals surface area contributed by atoms with Crippen molar-refractivity contribution in [3.05, 3.63) is 218 Å².